The number of amides is 1. The summed E-state index contributed by atoms with van der Waals surface area (Å²) >= 11 is 1.67. The van der Waals surface area contributed by atoms with Crippen molar-refractivity contribution in [2.24, 2.45) is 0 Å². The summed E-state index contributed by atoms with van der Waals surface area (Å²) in [5, 5.41) is 3.09. The second kappa shape index (κ2) is 8.41. The first-order valence-corrected chi connectivity index (χ1v) is 9.95. The van der Waals surface area contributed by atoms with Crippen molar-refractivity contribution in [3.8, 4) is 0 Å². The highest BCUT2D eigenvalue weighted by molar-refractivity contribution is 7.98. The van der Waals surface area contributed by atoms with Crippen molar-refractivity contribution in [3.05, 3.63) is 54.1 Å². The van der Waals surface area contributed by atoms with E-state index in [1.54, 1.807) is 11.8 Å². The van der Waals surface area contributed by atoms with Crippen LogP contribution in [0.4, 0.5) is 11.4 Å². The van der Waals surface area contributed by atoms with Crippen molar-refractivity contribution in [2.75, 3.05) is 49.2 Å². The standard InChI is InChI=1S/C20H25N3OS/c1-3-22-12-14-23(15-13-22)19-7-5-4-6-18(19)21-20(24)16-8-10-17(25-2)11-9-16/h4-11H,3,12-15H2,1-2H3,(H,21,24). The Labute approximate surface area is 154 Å². The number of likely N-dealkylation sites (N-methyl/N-ethyl adjacent to an activating group) is 1. The van der Waals surface area contributed by atoms with Gasteiger partial charge in [-0.3, -0.25) is 4.79 Å². The number of carbonyl (C=O) groups is 1. The molecule has 1 aliphatic rings. The number of carbonyl (C=O) groups excluding carboxylic acids is 1. The first-order chi connectivity index (χ1) is 12.2. The van der Waals surface area contributed by atoms with Crippen molar-refractivity contribution in [3.63, 3.8) is 0 Å². The number of anilines is 2. The molecule has 2 aromatic rings. The molecule has 0 spiro atoms. The van der Waals surface area contributed by atoms with Gasteiger partial charge >= 0.3 is 0 Å². The van der Waals surface area contributed by atoms with E-state index in [1.165, 1.54) is 0 Å². The van der Waals surface area contributed by atoms with Crippen LogP contribution in [0.5, 0.6) is 0 Å². The highest BCUT2D eigenvalue weighted by atomic mass is 32.2. The van der Waals surface area contributed by atoms with Crippen LogP contribution in [0.1, 0.15) is 17.3 Å². The SMILES string of the molecule is CCN1CCN(c2ccccc2NC(=O)c2ccc(SC)cc2)CC1. The Morgan fingerprint density at radius 3 is 2.36 bits per heavy atom. The van der Waals surface area contributed by atoms with Gasteiger partial charge in [-0.25, -0.2) is 0 Å². The van der Waals surface area contributed by atoms with Crippen LogP contribution in [-0.2, 0) is 0 Å². The fourth-order valence-electron chi connectivity index (χ4n) is 3.10. The van der Waals surface area contributed by atoms with Gasteiger partial charge in [-0.05, 0) is 49.2 Å². The number of piperazine rings is 1. The van der Waals surface area contributed by atoms with Crippen molar-refractivity contribution < 1.29 is 4.79 Å². The number of hydrogen-bond acceptors (Lipinski definition) is 4. The van der Waals surface area contributed by atoms with Gasteiger partial charge in [0.2, 0.25) is 0 Å². The van der Waals surface area contributed by atoms with E-state index in [9.17, 15) is 4.79 Å². The minimum atomic E-state index is -0.0627. The molecule has 1 heterocycles. The van der Waals surface area contributed by atoms with Crippen LogP contribution in [0.3, 0.4) is 0 Å². The summed E-state index contributed by atoms with van der Waals surface area (Å²) in [6.45, 7) is 7.40. The van der Waals surface area contributed by atoms with E-state index in [0.29, 0.717) is 5.56 Å². The van der Waals surface area contributed by atoms with Crippen LogP contribution in [0.2, 0.25) is 0 Å². The monoisotopic (exact) mass is 355 g/mol. The van der Waals surface area contributed by atoms with Gasteiger partial charge in [-0.1, -0.05) is 19.1 Å². The van der Waals surface area contributed by atoms with Gasteiger partial charge in [-0.2, -0.15) is 0 Å². The Balaban J connectivity index is 1.73. The molecule has 2 aromatic carbocycles. The lowest BCUT2D eigenvalue weighted by Crippen LogP contribution is -2.46. The molecule has 0 radical (unpaired) electrons. The number of thioether (sulfide) groups is 1. The van der Waals surface area contributed by atoms with Crippen molar-refractivity contribution in [1.82, 2.24) is 4.90 Å². The molecular weight excluding hydrogens is 330 g/mol. The summed E-state index contributed by atoms with van der Waals surface area (Å²) in [7, 11) is 0. The van der Waals surface area contributed by atoms with E-state index in [4.69, 9.17) is 0 Å². The highest BCUT2D eigenvalue weighted by Crippen LogP contribution is 2.27. The quantitative estimate of drug-likeness (QED) is 0.828. The van der Waals surface area contributed by atoms with Gasteiger partial charge in [0.1, 0.15) is 0 Å². The van der Waals surface area contributed by atoms with Gasteiger partial charge in [-0.15, -0.1) is 11.8 Å². The summed E-state index contributed by atoms with van der Waals surface area (Å²) in [5.41, 5.74) is 2.67. The third kappa shape index (κ3) is 4.35. The lowest BCUT2D eigenvalue weighted by Gasteiger charge is -2.36. The second-order valence-electron chi connectivity index (χ2n) is 6.12. The number of benzene rings is 2. The number of nitrogens with one attached hydrogen (secondary N) is 1. The molecule has 0 bridgehead atoms. The maximum absolute atomic E-state index is 12.6. The van der Waals surface area contributed by atoms with Crippen LogP contribution in [0.25, 0.3) is 0 Å². The third-order valence-electron chi connectivity index (χ3n) is 4.66. The summed E-state index contributed by atoms with van der Waals surface area (Å²) in [6.07, 6.45) is 2.03. The van der Waals surface area contributed by atoms with E-state index in [2.05, 4.69) is 28.1 Å². The third-order valence-corrected chi connectivity index (χ3v) is 5.41. The summed E-state index contributed by atoms with van der Waals surface area (Å²) in [6, 6.07) is 15.8. The molecule has 0 saturated carbocycles. The summed E-state index contributed by atoms with van der Waals surface area (Å²) in [4.78, 5) is 18.6. The molecule has 4 nitrogen and oxygen atoms in total. The van der Waals surface area contributed by atoms with Gasteiger partial charge in [0.05, 0.1) is 11.4 Å². The number of hydrogen-bond donors (Lipinski definition) is 1. The molecule has 132 valence electrons. The van der Waals surface area contributed by atoms with Gasteiger partial charge in [0.25, 0.3) is 5.91 Å². The predicted octanol–water partition coefficient (Wildman–Crippen LogP) is 3.80. The Kier molecular flexibility index (Phi) is 6.00. The smallest absolute Gasteiger partial charge is 0.255 e. The predicted molar refractivity (Wildman–Crippen MR) is 107 cm³/mol. The Bertz CT molecular complexity index is 709. The van der Waals surface area contributed by atoms with E-state index >= 15 is 0 Å². The molecule has 1 fully saturated rings. The first kappa shape index (κ1) is 17.8. The molecule has 25 heavy (non-hydrogen) atoms. The molecular formula is C20H25N3OS. The Morgan fingerprint density at radius 1 is 1.04 bits per heavy atom. The molecule has 1 aliphatic heterocycles. The Morgan fingerprint density at radius 2 is 1.72 bits per heavy atom. The minimum absolute atomic E-state index is 0.0627. The molecule has 0 aromatic heterocycles. The molecule has 0 unspecified atom stereocenters. The topological polar surface area (TPSA) is 35.6 Å². The van der Waals surface area contributed by atoms with Crippen LogP contribution in [0, 0.1) is 0 Å². The van der Waals surface area contributed by atoms with Crippen LogP contribution in [0.15, 0.2) is 53.4 Å². The van der Waals surface area contributed by atoms with Crippen molar-refractivity contribution in [2.45, 2.75) is 11.8 Å². The van der Waals surface area contributed by atoms with E-state index in [1.807, 2.05) is 48.7 Å². The van der Waals surface area contributed by atoms with Crippen LogP contribution in [-0.4, -0.2) is 49.8 Å². The fraction of sp³-hybridized carbons (Fsp3) is 0.350. The Hall–Kier alpha value is -1.98. The number of rotatable bonds is 5. The summed E-state index contributed by atoms with van der Waals surface area (Å²) < 4.78 is 0. The highest BCUT2D eigenvalue weighted by Gasteiger charge is 2.19. The van der Waals surface area contributed by atoms with Crippen LogP contribution < -0.4 is 10.2 Å². The van der Waals surface area contributed by atoms with Crippen LogP contribution >= 0.6 is 11.8 Å². The van der Waals surface area contributed by atoms with Gasteiger partial charge < -0.3 is 15.1 Å². The lowest BCUT2D eigenvalue weighted by molar-refractivity contribution is 0.102. The maximum atomic E-state index is 12.6. The number of para-hydroxylation sites is 2. The fourth-order valence-corrected chi connectivity index (χ4v) is 3.51. The number of nitrogens with zero attached hydrogens (tertiary/aromatic N) is 2. The van der Waals surface area contributed by atoms with E-state index < -0.39 is 0 Å². The molecule has 0 atom stereocenters. The van der Waals surface area contributed by atoms with Crippen molar-refractivity contribution >= 4 is 29.0 Å². The van der Waals surface area contributed by atoms with E-state index in [0.717, 1.165) is 49.0 Å². The minimum Gasteiger partial charge on any atom is -0.367 e. The average Bonchev–Trinajstić information content (AvgIpc) is 2.68. The maximum Gasteiger partial charge on any atom is 0.255 e. The largest absolute Gasteiger partial charge is 0.367 e. The molecule has 1 saturated heterocycles. The molecule has 3 rings (SSSR count). The van der Waals surface area contributed by atoms with Gasteiger partial charge in [0.15, 0.2) is 0 Å². The summed E-state index contributed by atoms with van der Waals surface area (Å²) in [5.74, 6) is -0.0627. The zero-order chi connectivity index (χ0) is 17.6. The first-order valence-electron chi connectivity index (χ1n) is 8.73. The van der Waals surface area contributed by atoms with Crippen molar-refractivity contribution in [1.29, 1.82) is 0 Å². The zero-order valence-corrected chi connectivity index (χ0v) is 15.7. The zero-order valence-electron chi connectivity index (χ0n) is 14.9. The molecule has 5 heteroatoms. The van der Waals surface area contributed by atoms with Gasteiger partial charge in [0, 0.05) is 36.6 Å². The molecule has 0 aliphatic carbocycles. The molecule has 1 N–H and O–H groups in total. The molecule has 1 amide bonds. The second-order valence-corrected chi connectivity index (χ2v) is 7.00. The average molecular weight is 356 g/mol. The normalized spacial score (nSPS) is 15.2. The van der Waals surface area contributed by atoms with E-state index in [-0.39, 0.29) is 5.91 Å². The lowest BCUT2D eigenvalue weighted by atomic mass is 10.1.